The van der Waals surface area contributed by atoms with Crippen LogP contribution in [0.3, 0.4) is 0 Å². The third-order valence-electron chi connectivity index (χ3n) is 2.25. The largest absolute Gasteiger partial charge is 0.480 e. The van der Waals surface area contributed by atoms with Crippen molar-refractivity contribution in [3.63, 3.8) is 0 Å². The van der Waals surface area contributed by atoms with Crippen LogP contribution in [0, 0.1) is 0 Å². The van der Waals surface area contributed by atoms with Crippen molar-refractivity contribution in [1.29, 1.82) is 0 Å². The molecule has 0 aromatic rings. The molecule has 0 aliphatic heterocycles. The van der Waals surface area contributed by atoms with Crippen molar-refractivity contribution in [2.75, 3.05) is 13.0 Å². The first-order valence-corrected chi connectivity index (χ1v) is 6.40. The van der Waals surface area contributed by atoms with Gasteiger partial charge in [-0.1, -0.05) is 21.9 Å². The molecule has 17 heavy (non-hydrogen) atoms. The molecular weight excluding hydrogens is 247 g/mol. The van der Waals surface area contributed by atoms with Gasteiger partial charge in [0.05, 0.1) is 6.35 Å². The zero-order valence-electron chi connectivity index (χ0n) is 9.86. The number of rotatable bonds is 9. The van der Waals surface area contributed by atoms with Gasteiger partial charge in [-0.15, -0.1) is 0 Å². The second-order valence-corrected chi connectivity index (χ2v) is 5.29. The quantitative estimate of drug-likeness (QED) is 0.278. The summed E-state index contributed by atoms with van der Waals surface area (Å²) in [6.45, 7) is 3.59. The van der Waals surface area contributed by atoms with Crippen LogP contribution in [0.25, 0.3) is 0 Å². The smallest absolute Gasteiger partial charge is 0.373 e. The van der Waals surface area contributed by atoms with Crippen molar-refractivity contribution in [2.45, 2.75) is 31.8 Å². The summed E-state index contributed by atoms with van der Waals surface area (Å²) in [5.74, 6) is -4.46. The van der Waals surface area contributed by atoms with Crippen LogP contribution >= 0.6 is 8.58 Å². The van der Waals surface area contributed by atoms with Gasteiger partial charge in [0.25, 0.3) is 5.78 Å². The Labute approximate surface area is 101 Å². The van der Waals surface area contributed by atoms with E-state index >= 15 is 0 Å². The fourth-order valence-electron chi connectivity index (χ4n) is 0.981. The molecule has 2 atom stereocenters. The van der Waals surface area contributed by atoms with Crippen LogP contribution < -0.4 is 0 Å². The number of carbonyl (C=O) groups is 3. The second-order valence-electron chi connectivity index (χ2n) is 3.65. The Morgan fingerprint density at radius 1 is 1.29 bits per heavy atom. The van der Waals surface area contributed by atoms with E-state index in [-0.39, 0.29) is 6.35 Å². The molecule has 0 spiro atoms. The Hall–Kier alpha value is -1.00. The van der Waals surface area contributed by atoms with Crippen molar-refractivity contribution < 1.29 is 29.3 Å². The van der Waals surface area contributed by atoms with Crippen molar-refractivity contribution in [3.05, 3.63) is 0 Å². The lowest BCUT2D eigenvalue weighted by molar-refractivity contribution is -0.155. The molecule has 0 heterocycles. The minimum atomic E-state index is -1.89. The molecular formula is C10H17O6P. The third kappa shape index (κ3) is 4.79. The monoisotopic (exact) mass is 264 g/mol. The molecule has 6 nitrogen and oxygen atoms in total. The molecule has 0 saturated heterocycles. The van der Waals surface area contributed by atoms with Gasteiger partial charge in [0, 0.05) is 6.61 Å². The normalized spacial score (nSPS) is 14.7. The fraction of sp³-hybridized carbons (Fsp3) is 0.700. The summed E-state index contributed by atoms with van der Waals surface area (Å²) in [7, 11) is -0.411. The highest BCUT2D eigenvalue weighted by Crippen LogP contribution is 2.33. The Morgan fingerprint density at radius 2 is 1.88 bits per heavy atom. The van der Waals surface area contributed by atoms with Crippen molar-refractivity contribution in [1.82, 2.24) is 0 Å². The van der Waals surface area contributed by atoms with Gasteiger partial charge >= 0.3 is 11.9 Å². The number of ketones is 1. The lowest BCUT2D eigenvalue weighted by atomic mass is 10.1. The summed E-state index contributed by atoms with van der Waals surface area (Å²) in [5, 5.41) is 15.6. The highest BCUT2D eigenvalue weighted by Gasteiger charge is 2.44. The van der Waals surface area contributed by atoms with Crippen LogP contribution in [-0.2, 0) is 19.1 Å². The molecule has 0 radical (unpaired) electrons. The summed E-state index contributed by atoms with van der Waals surface area (Å²) in [6.07, 6.45) is 1.89. The number of aliphatic carboxylic acids is 2. The molecule has 0 amide bonds. The molecule has 98 valence electrons. The van der Waals surface area contributed by atoms with Crippen molar-refractivity contribution in [3.8, 4) is 0 Å². The zero-order valence-corrected chi connectivity index (χ0v) is 10.9. The van der Waals surface area contributed by atoms with Gasteiger partial charge in [0.1, 0.15) is 0 Å². The van der Waals surface area contributed by atoms with Crippen LogP contribution in [0.5, 0.6) is 0 Å². The molecule has 0 aliphatic rings. The standard InChI is InChI=1S/C10H17O6P/c1-3-4-5-16-6-17-10(2,9(14)15)7(11)8(12)13/h17H,3-6H2,1-2H3,(H,12,13)(H,14,15). The van der Waals surface area contributed by atoms with E-state index in [1.54, 1.807) is 0 Å². The van der Waals surface area contributed by atoms with E-state index in [1.165, 1.54) is 0 Å². The van der Waals surface area contributed by atoms with E-state index in [0.29, 0.717) is 6.61 Å². The lowest BCUT2D eigenvalue weighted by Gasteiger charge is -2.20. The maximum atomic E-state index is 11.3. The molecule has 0 saturated carbocycles. The van der Waals surface area contributed by atoms with Gasteiger partial charge < -0.3 is 14.9 Å². The molecule has 0 aromatic heterocycles. The van der Waals surface area contributed by atoms with Gasteiger partial charge in [-0.2, -0.15) is 0 Å². The highest BCUT2D eigenvalue weighted by atomic mass is 31.1. The van der Waals surface area contributed by atoms with E-state index in [9.17, 15) is 14.4 Å². The maximum absolute atomic E-state index is 11.3. The van der Waals surface area contributed by atoms with E-state index in [2.05, 4.69) is 0 Å². The van der Waals surface area contributed by atoms with Crippen LogP contribution in [-0.4, -0.2) is 46.0 Å². The van der Waals surface area contributed by atoms with E-state index in [1.807, 2.05) is 6.92 Å². The highest BCUT2D eigenvalue weighted by molar-refractivity contribution is 7.43. The van der Waals surface area contributed by atoms with Crippen molar-refractivity contribution >= 4 is 26.3 Å². The lowest BCUT2D eigenvalue weighted by Crippen LogP contribution is -2.43. The second kappa shape index (κ2) is 7.35. The predicted molar refractivity (Wildman–Crippen MR) is 62.7 cm³/mol. The minimum Gasteiger partial charge on any atom is -0.480 e. The summed E-state index contributed by atoms with van der Waals surface area (Å²) in [5.41, 5.74) is 0. The Bertz CT molecular complexity index is 303. The molecule has 7 heteroatoms. The van der Waals surface area contributed by atoms with Crippen LogP contribution in [0.1, 0.15) is 26.7 Å². The first-order valence-electron chi connectivity index (χ1n) is 5.20. The third-order valence-corrected chi connectivity index (χ3v) is 3.74. The van der Waals surface area contributed by atoms with Gasteiger partial charge in [0.2, 0.25) is 0 Å². The molecule has 0 aliphatic carbocycles. The Balaban J connectivity index is 4.38. The molecule has 0 rings (SSSR count). The number of carbonyl (C=O) groups excluding carboxylic acids is 1. The number of hydrogen-bond acceptors (Lipinski definition) is 4. The molecule has 0 aromatic carbocycles. The number of Topliss-reactive ketones (excluding diaryl/α,β-unsaturated/α-hetero) is 1. The number of carboxylic acids is 2. The van der Waals surface area contributed by atoms with Crippen LogP contribution in [0.15, 0.2) is 0 Å². The molecule has 2 N–H and O–H groups in total. The van der Waals surface area contributed by atoms with E-state index in [0.717, 1.165) is 19.8 Å². The predicted octanol–water partition coefficient (Wildman–Crippen LogP) is 0.936. The average molecular weight is 264 g/mol. The topological polar surface area (TPSA) is 101 Å². The van der Waals surface area contributed by atoms with Gasteiger partial charge in [-0.25, -0.2) is 4.79 Å². The number of ether oxygens (including phenoxy) is 1. The molecule has 0 fully saturated rings. The number of hydrogen-bond donors (Lipinski definition) is 2. The SMILES string of the molecule is CCCCOCPC(C)(C(=O)O)C(=O)C(=O)O. The minimum absolute atomic E-state index is 0.0851. The number of carboxylic acid groups (broad SMARTS) is 2. The zero-order chi connectivity index (χ0) is 13.5. The average Bonchev–Trinajstić information content (AvgIpc) is 2.27. The maximum Gasteiger partial charge on any atom is 0.373 e. The summed E-state index contributed by atoms with van der Waals surface area (Å²) in [6, 6.07) is 0. The first-order chi connectivity index (χ1) is 7.86. The summed E-state index contributed by atoms with van der Waals surface area (Å²) >= 11 is 0. The summed E-state index contributed by atoms with van der Waals surface area (Å²) in [4.78, 5) is 32.8. The van der Waals surface area contributed by atoms with Gasteiger partial charge in [-0.05, 0) is 13.3 Å². The van der Waals surface area contributed by atoms with Gasteiger partial charge in [0.15, 0.2) is 5.16 Å². The first kappa shape index (κ1) is 16.0. The Morgan fingerprint density at radius 3 is 2.29 bits per heavy atom. The fourth-order valence-corrected chi connectivity index (χ4v) is 1.93. The van der Waals surface area contributed by atoms with E-state index in [4.69, 9.17) is 14.9 Å². The van der Waals surface area contributed by atoms with Crippen LogP contribution in [0.4, 0.5) is 0 Å². The Kier molecular flexibility index (Phi) is 6.92. The molecule has 2 unspecified atom stereocenters. The van der Waals surface area contributed by atoms with Crippen LogP contribution in [0.2, 0.25) is 0 Å². The van der Waals surface area contributed by atoms with E-state index < -0.39 is 31.5 Å². The van der Waals surface area contributed by atoms with Crippen molar-refractivity contribution in [2.24, 2.45) is 0 Å². The van der Waals surface area contributed by atoms with Gasteiger partial charge in [-0.3, -0.25) is 9.59 Å². The molecule has 0 bridgehead atoms. The summed E-state index contributed by atoms with van der Waals surface area (Å²) < 4.78 is 5.15. The number of unbranched alkanes of at least 4 members (excludes halogenated alkanes) is 1.